The van der Waals surface area contributed by atoms with Gasteiger partial charge in [-0.25, -0.2) is 0 Å². The number of alkyl halides is 3. The molecular weight excluding hydrogens is 271 g/mol. The first-order valence-electron chi connectivity index (χ1n) is 6.48. The molecule has 1 heterocycles. The molecule has 0 N–H and O–H groups in total. The van der Waals surface area contributed by atoms with Crippen LogP contribution in [0.1, 0.15) is 30.9 Å². The lowest BCUT2D eigenvalue weighted by Gasteiger charge is -2.20. The van der Waals surface area contributed by atoms with E-state index in [0.717, 1.165) is 29.8 Å². The number of rotatable bonds is 4. The number of hydrogen-bond acceptors (Lipinski definition) is 3. The first kappa shape index (κ1) is 14.8. The second-order valence-electron chi connectivity index (χ2n) is 4.56. The van der Waals surface area contributed by atoms with Crippen molar-refractivity contribution in [3.8, 4) is 0 Å². The minimum atomic E-state index is -4.30. The van der Waals surface area contributed by atoms with Gasteiger partial charge in [-0.1, -0.05) is 17.3 Å². The molecule has 20 heavy (non-hydrogen) atoms. The van der Waals surface area contributed by atoms with E-state index >= 15 is 0 Å². The highest BCUT2D eigenvalue weighted by Gasteiger charge is 2.30. The normalized spacial score (nSPS) is 19.4. The average Bonchev–Trinajstić information content (AvgIpc) is 2.41. The minimum Gasteiger partial charge on any atom is -0.364 e. The number of oxime groups is 1. The van der Waals surface area contributed by atoms with Gasteiger partial charge in [-0.05, 0) is 31.0 Å². The topological polar surface area (TPSA) is 30.8 Å². The number of ether oxygens (including phenoxy) is 1. The van der Waals surface area contributed by atoms with Crippen LogP contribution in [-0.4, -0.2) is 18.6 Å². The average molecular weight is 287 g/mol. The maximum absolute atomic E-state index is 12.4. The highest BCUT2D eigenvalue weighted by atomic mass is 19.4. The molecule has 0 radical (unpaired) electrons. The van der Waals surface area contributed by atoms with Crippen molar-refractivity contribution in [1.82, 2.24) is 0 Å². The monoisotopic (exact) mass is 287 g/mol. The molecule has 2 rings (SSSR count). The van der Waals surface area contributed by atoms with Crippen molar-refractivity contribution in [2.24, 2.45) is 5.16 Å². The molecule has 1 unspecified atom stereocenters. The van der Waals surface area contributed by atoms with Crippen molar-refractivity contribution in [1.29, 1.82) is 0 Å². The third-order valence-electron chi connectivity index (χ3n) is 3.01. The first-order valence-corrected chi connectivity index (χ1v) is 6.48. The lowest BCUT2D eigenvalue weighted by Crippen LogP contribution is -2.22. The molecule has 1 aromatic carbocycles. The predicted octanol–water partition coefficient (Wildman–Crippen LogP) is 3.78. The Balaban J connectivity index is 1.94. The van der Waals surface area contributed by atoms with Crippen LogP contribution in [-0.2, 0) is 22.2 Å². The highest BCUT2D eigenvalue weighted by molar-refractivity contribution is 5.86. The van der Waals surface area contributed by atoms with Gasteiger partial charge in [0.1, 0.15) is 0 Å². The molecule has 0 amide bonds. The van der Waals surface area contributed by atoms with Crippen molar-refractivity contribution >= 4 is 5.71 Å². The van der Waals surface area contributed by atoms with Gasteiger partial charge in [0, 0.05) is 19.4 Å². The second kappa shape index (κ2) is 6.26. The molecule has 110 valence electrons. The molecule has 0 aliphatic carbocycles. The SMILES string of the molecule is CCOC1CCC(Cc2ccc(C(F)(F)F)cc2)=NO1. The molecule has 1 aliphatic rings. The van der Waals surface area contributed by atoms with Crippen LogP contribution in [0, 0.1) is 0 Å². The van der Waals surface area contributed by atoms with Gasteiger partial charge in [-0.2, -0.15) is 13.2 Å². The van der Waals surface area contributed by atoms with Gasteiger partial charge in [0.05, 0.1) is 11.3 Å². The molecule has 0 saturated carbocycles. The van der Waals surface area contributed by atoms with Gasteiger partial charge in [0.15, 0.2) is 0 Å². The lowest BCUT2D eigenvalue weighted by molar-refractivity contribution is -0.147. The fourth-order valence-electron chi connectivity index (χ4n) is 1.98. The van der Waals surface area contributed by atoms with E-state index in [2.05, 4.69) is 5.16 Å². The van der Waals surface area contributed by atoms with Crippen LogP contribution in [0.15, 0.2) is 29.4 Å². The maximum atomic E-state index is 12.4. The van der Waals surface area contributed by atoms with Crippen molar-refractivity contribution in [2.45, 2.75) is 38.7 Å². The van der Waals surface area contributed by atoms with Gasteiger partial charge in [0.2, 0.25) is 6.29 Å². The van der Waals surface area contributed by atoms with E-state index in [0.29, 0.717) is 19.4 Å². The molecule has 0 spiro atoms. The van der Waals surface area contributed by atoms with E-state index in [1.54, 1.807) is 0 Å². The first-order chi connectivity index (χ1) is 9.49. The number of hydrogen-bond donors (Lipinski definition) is 0. The Hall–Kier alpha value is -1.56. The van der Waals surface area contributed by atoms with Gasteiger partial charge in [-0.15, -0.1) is 0 Å². The molecule has 1 atom stereocenters. The van der Waals surface area contributed by atoms with E-state index < -0.39 is 11.7 Å². The summed E-state index contributed by atoms with van der Waals surface area (Å²) < 4.78 is 42.6. The third kappa shape index (κ3) is 3.96. The van der Waals surface area contributed by atoms with Crippen LogP contribution in [0.5, 0.6) is 0 Å². The van der Waals surface area contributed by atoms with Crippen LogP contribution in [0.4, 0.5) is 13.2 Å². The Kier molecular flexibility index (Phi) is 4.65. The van der Waals surface area contributed by atoms with Gasteiger partial charge < -0.3 is 9.57 Å². The molecule has 6 heteroatoms. The van der Waals surface area contributed by atoms with E-state index in [-0.39, 0.29) is 6.29 Å². The number of benzene rings is 1. The molecular formula is C14H16F3NO2. The van der Waals surface area contributed by atoms with Crippen LogP contribution >= 0.6 is 0 Å². The smallest absolute Gasteiger partial charge is 0.364 e. The summed E-state index contributed by atoms with van der Waals surface area (Å²) in [7, 11) is 0. The lowest BCUT2D eigenvalue weighted by atomic mass is 10.0. The Bertz CT molecular complexity index is 468. The van der Waals surface area contributed by atoms with E-state index in [4.69, 9.17) is 9.57 Å². The predicted molar refractivity (Wildman–Crippen MR) is 68.3 cm³/mol. The Morgan fingerprint density at radius 3 is 2.50 bits per heavy atom. The summed E-state index contributed by atoms with van der Waals surface area (Å²) in [6, 6.07) is 5.12. The van der Waals surface area contributed by atoms with Gasteiger partial charge in [-0.3, -0.25) is 0 Å². The summed E-state index contributed by atoms with van der Waals surface area (Å²) in [6.45, 7) is 2.44. The summed E-state index contributed by atoms with van der Waals surface area (Å²) in [4.78, 5) is 5.17. The van der Waals surface area contributed by atoms with E-state index in [9.17, 15) is 13.2 Å². The van der Waals surface area contributed by atoms with Crippen molar-refractivity contribution in [3.63, 3.8) is 0 Å². The molecule has 3 nitrogen and oxygen atoms in total. The standard InChI is InChI=1S/C14H16F3NO2/c1-2-19-13-8-7-12(18-20-13)9-10-3-5-11(6-4-10)14(15,16)17/h3-6,13H,2,7-9H2,1H3. The molecule has 0 saturated heterocycles. The zero-order valence-corrected chi connectivity index (χ0v) is 11.1. The summed E-state index contributed by atoms with van der Waals surface area (Å²) in [5, 5.41) is 3.97. The van der Waals surface area contributed by atoms with E-state index in [1.165, 1.54) is 12.1 Å². The van der Waals surface area contributed by atoms with Crippen LogP contribution in [0.3, 0.4) is 0 Å². The zero-order valence-electron chi connectivity index (χ0n) is 11.1. The highest BCUT2D eigenvalue weighted by Crippen LogP contribution is 2.29. The molecule has 0 bridgehead atoms. The quantitative estimate of drug-likeness (QED) is 0.844. The molecule has 1 aromatic rings. The third-order valence-corrected chi connectivity index (χ3v) is 3.01. The fourth-order valence-corrected chi connectivity index (χ4v) is 1.98. The summed E-state index contributed by atoms with van der Waals surface area (Å²) in [6.07, 6.45) is -2.67. The van der Waals surface area contributed by atoms with Crippen molar-refractivity contribution in [2.75, 3.05) is 6.61 Å². The van der Waals surface area contributed by atoms with Crippen LogP contribution in [0.2, 0.25) is 0 Å². The Morgan fingerprint density at radius 1 is 1.30 bits per heavy atom. The largest absolute Gasteiger partial charge is 0.416 e. The summed E-state index contributed by atoms with van der Waals surface area (Å²) in [5.74, 6) is 0. The Labute approximate surface area is 115 Å². The molecule has 0 fully saturated rings. The van der Waals surface area contributed by atoms with Gasteiger partial charge >= 0.3 is 6.18 Å². The van der Waals surface area contributed by atoms with Crippen LogP contribution < -0.4 is 0 Å². The van der Waals surface area contributed by atoms with Crippen molar-refractivity contribution < 1.29 is 22.7 Å². The molecule has 0 aromatic heterocycles. The van der Waals surface area contributed by atoms with E-state index in [1.807, 2.05) is 6.92 Å². The van der Waals surface area contributed by atoms with Gasteiger partial charge in [0.25, 0.3) is 0 Å². The van der Waals surface area contributed by atoms with Crippen molar-refractivity contribution in [3.05, 3.63) is 35.4 Å². The summed E-state index contributed by atoms with van der Waals surface area (Å²) in [5.41, 5.74) is 0.968. The number of nitrogens with zero attached hydrogens (tertiary/aromatic N) is 1. The minimum absolute atomic E-state index is 0.309. The number of halogens is 3. The molecule has 1 aliphatic heterocycles. The summed E-state index contributed by atoms with van der Waals surface area (Å²) >= 11 is 0. The maximum Gasteiger partial charge on any atom is 0.416 e. The fraction of sp³-hybridized carbons (Fsp3) is 0.500. The Morgan fingerprint density at radius 2 is 2.00 bits per heavy atom. The van der Waals surface area contributed by atoms with Crippen LogP contribution in [0.25, 0.3) is 0 Å². The second-order valence-corrected chi connectivity index (χ2v) is 4.56. The zero-order chi connectivity index (χ0) is 14.6.